The highest BCUT2D eigenvalue weighted by molar-refractivity contribution is 5.92. The quantitative estimate of drug-likeness (QED) is 0.694. The van der Waals surface area contributed by atoms with Gasteiger partial charge in [0.25, 0.3) is 5.91 Å². The standard InChI is InChI=1S/C23H29N3O4/c1-16-12-26(13-17(2)30-16)14-20-6-4-3-5-19(20)11-25-22(27)15-29-21-9-7-18(8-10-21)23(24)28/h3-10,16-17H,11-15H2,1-2H3,(H2,24,28)(H,25,27). The maximum Gasteiger partial charge on any atom is 0.258 e. The van der Waals surface area contributed by atoms with E-state index in [1.165, 1.54) is 5.56 Å². The number of hydrogen-bond acceptors (Lipinski definition) is 5. The van der Waals surface area contributed by atoms with Crippen molar-refractivity contribution in [2.24, 2.45) is 5.73 Å². The molecule has 0 bridgehead atoms. The summed E-state index contributed by atoms with van der Waals surface area (Å²) in [6.07, 6.45) is 0.435. The molecule has 0 aliphatic carbocycles. The molecule has 2 aromatic rings. The van der Waals surface area contributed by atoms with Crippen LogP contribution in [-0.2, 0) is 22.6 Å². The fraction of sp³-hybridized carbons (Fsp3) is 0.391. The first kappa shape index (κ1) is 21.8. The van der Waals surface area contributed by atoms with E-state index in [9.17, 15) is 9.59 Å². The third kappa shape index (κ3) is 6.30. The number of ether oxygens (including phenoxy) is 2. The summed E-state index contributed by atoms with van der Waals surface area (Å²) in [5.74, 6) is -0.206. The van der Waals surface area contributed by atoms with Gasteiger partial charge in [0, 0.05) is 31.7 Å². The fourth-order valence-electron chi connectivity index (χ4n) is 3.65. The number of nitrogens with two attached hydrogens (primary N) is 1. The zero-order valence-corrected chi connectivity index (χ0v) is 17.5. The van der Waals surface area contributed by atoms with Crippen molar-refractivity contribution in [3.05, 3.63) is 65.2 Å². The maximum absolute atomic E-state index is 12.2. The van der Waals surface area contributed by atoms with Gasteiger partial charge in [-0.25, -0.2) is 0 Å². The summed E-state index contributed by atoms with van der Waals surface area (Å²) >= 11 is 0. The van der Waals surface area contributed by atoms with E-state index in [0.717, 1.165) is 25.2 Å². The molecule has 160 valence electrons. The zero-order chi connectivity index (χ0) is 21.5. The smallest absolute Gasteiger partial charge is 0.258 e. The van der Waals surface area contributed by atoms with Crippen molar-refractivity contribution in [3.63, 3.8) is 0 Å². The number of amides is 2. The van der Waals surface area contributed by atoms with E-state index in [1.54, 1.807) is 24.3 Å². The first-order valence-corrected chi connectivity index (χ1v) is 10.1. The molecular weight excluding hydrogens is 382 g/mol. The molecule has 3 rings (SSSR count). The molecule has 1 heterocycles. The highest BCUT2D eigenvalue weighted by Crippen LogP contribution is 2.17. The fourth-order valence-corrected chi connectivity index (χ4v) is 3.65. The van der Waals surface area contributed by atoms with Gasteiger partial charge in [-0.05, 0) is 49.2 Å². The van der Waals surface area contributed by atoms with Crippen LogP contribution >= 0.6 is 0 Å². The number of primary amides is 1. The lowest BCUT2D eigenvalue weighted by Gasteiger charge is -2.35. The summed E-state index contributed by atoms with van der Waals surface area (Å²) in [6.45, 7) is 7.14. The van der Waals surface area contributed by atoms with Crippen molar-refractivity contribution in [2.75, 3.05) is 19.7 Å². The van der Waals surface area contributed by atoms with E-state index in [0.29, 0.717) is 17.9 Å². The average Bonchev–Trinajstić information content (AvgIpc) is 2.71. The largest absolute Gasteiger partial charge is 0.484 e. The number of hydrogen-bond donors (Lipinski definition) is 2. The van der Waals surface area contributed by atoms with E-state index in [4.69, 9.17) is 15.2 Å². The van der Waals surface area contributed by atoms with Gasteiger partial charge in [0.05, 0.1) is 12.2 Å². The maximum atomic E-state index is 12.2. The Morgan fingerprint density at radius 1 is 1.07 bits per heavy atom. The minimum Gasteiger partial charge on any atom is -0.484 e. The number of carbonyl (C=O) groups is 2. The van der Waals surface area contributed by atoms with E-state index in [1.807, 2.05) is 18.2 Å². The van der Waals surface area contributed by atoms with Crippen molar-refractivity contribution in [1.29, 1.82) is 0 Å². The average molecular weight is 412 g/mol. The van der Waals surface area contributed by atoms with Crippen LogP contribution in [0.2, 0.25) is 0 Å². The Morgan fingerprint density at radius 3 is 2.33 bits per heavy atom. The second-order valence-corrected chi connectivity index (χ2v) is 7.67. The summed E-state index contributed by atoms with van der Waals surface area (Å²) in [5, 5.41) is 2.91. The van der Waals surface area contributed by atoms with Crippen LogP contribution in [0.4, 0.5) is 0 Å². The van der Waals surface area contributed by atoms with Gasteiger partial charge < -0.3 is 20.5 Å². The number of rotatable bonds is 8. The monoisotopic (exact) mass is 411 g/mol. The molecule has 2 unspecified atom stereocenters. The summed E-state index contributed by atoms with van der Waals surface area (Å²) < 4.78 is 11.3. The number of benzene rings is 2. The Morgan fingerprint density at radius 2 is 1.70 bits per heavy atom. The van der Waals surface area contributed by atoms with Gasteiger partial charge in [-0.1, -0.05) is 24.3 Å². The van der Waals surface area contributed by atoms with E-state index in [-0.39, 0.29) is 24.7 Å². The number of nitrogens with zero attached hydrogens (tertiary/aromatic N) is 1. The minimum atomic E-state index is -0.501. The van der Waals surface area contributed by atoms with Gasteiger partial charge in [-0.3, -0.25) is 14.5 Å². The van der Waals surface area contributed by atoms with Crippen molar-refractivity contribution >= 4 is 11.8 Å². The summed E-state index contributed by atoms with van der Waals surface area (Å²) in [6, 6.07) is 14.5. The van der Waals surface area contributed by atoms with Gasteiger partial charge >= 0.3 is 0 Å². The van der Waals surface area contributed by atoms with Crippen LogP contribution in [0.25, 0.3) is 0 Å². The molecule has 1 fully saturated rings. The van der Waals surface area contributed by atoms with Crippen LogP contribution in [0, 0.1) is 0 Å². The van der Waals surface area contributed by atoms with Gasteiger partial charge in [0.15, 0.2) is 6.61 Å². The predicted molar refractivity (Wildman–Crippen MR) is 114 cm³/mol. The molecule has 30 heavy (non-hydrogen) atoms. The lowest BCUT2D eigenvalue weighted by molar-refractivity contribution is -0.123. The van der Waals surface area contributed by atoms with Crippen LogP contribution in [0.5, 0.6) is 5.75 Å². The Kier molecular flexibility index (Phi) is 7.43. The van der Waals surface area contributed by atoms with Crippen LogP contribution in [0.15, 0.2) is 48.5 Å². The van der Waals surface area contributed by atoms with Gasteiger partial charge in [0.1, 0.15) is 5.75 Å². The lowest BCUT2D eigenvalue weighted by atomic mass is 10.1. The van der Waals surface area contributed by atoms with E-state index >= 15 is 0 Å². The van der Waals surface area contributed by atoms with Gasteiger partial charge in [-0.15, -0.1) is 0 Å². The molecule has 3 N–H and O–H groups in total. The third-order valence-electron chi connectivity index (χ3n) is 4.99. The lowest BCUT2D eigenvalue weighted by Crippen LogP contribution is -2.45. The van der Waals surface area contributed by atoms with Crippen LogP contribution < -0.4 is 15.8 Å². The molecule has 2 atom stereocenters. The summed E-state index contributed by atoms with van der Waals surface area (Å²) in [5.41, 5.74) is 7.89. The summed E-state index contributed by atoms with van der Waals surface area (Å²) in [7, 11) is 0. The van der Waals surface area contributed by atoms with Gasteiger partial charge in [0.2, 0.25) is 5.91 Å². The molecule has 7 heteroatoms. The minimum absolute atomic E-state index is 0.101. The molecule has 1 aliphatic heterocycles. The molecule has 2 amide bonds. The third-order valence-corrected chi connectivity index (χ3v) is 4.99. The van der Waals surface area contributed by atoms with Gasteiger partial charge in [-0.2, -0.15) is 0 Å². The first-order chi connectivity index (χ1) is 14.4. The Labute approximate surface area is 177 Å². The Hall–Kier alpha value is -2.90. The number of morpholine rings is 1. The van der Waals surface area contributed by atoms with Crippen molar-refractivity contribution in [3.8, 4) is 5.75 Å². The predicted octanol–water partition coefficient (Wildman–Crippen LogP) is 2.09. The van der Waals surface area contributed by atoms with E-state index < -0.39 is 5.91 Å². The molecule has 2 aromatic carbocycles. The second kappa shape index (κ2) is 10.2. The van der Waals surface area contributed by atoms with Crippen molar-refractivity contribution < 1.29 is 19.1 Å². The molecule has 7 nitrogen and oxygen atoms in total. The van der Waals surface area contributed by atoms with E-state index in [2.05, 4.69) is 30.1 Å². The number of nitrogens with one attached hydrogen (secondary N) is 1. The Balaban J connectivity index is 1.50. The zero-order valence-electron chi connectivity index (χ0n) is 17.5. The highest BCUT2D eigenvalue weighted by Gasteiger charge is 2.22. The van der Waals surface area contributed by atoms with Crippen LogP contribution in [0.3, 0.4) is 0 Å². The first-order valence-electron chi connectivity index (χ1n) is 10.1. The second-order valence-electron chi connectivity index (χ2n) is 7.67. The number of carbonyl (C=O) groups excluding carboxylic acids is 2. The summed E-state index contributed by atoms with van der Waals surface area (Å²) in [4.78, 5) is 25.7. The van der Waals surface area contributed by atoms with Crippen molar-refractivity contribution in [1.82, 2.24) is 10.2 Å². The Bertz CT molecular complexity index is 859. The van der Waals surface area contributed by atoms with Crippen LogP contribution in [-0.4, -0.2) is 48.6 Å². The molecule has 0 radical (unpaired) electrons. The SMILES string of the molecule is CC1CN(Cc2ccccc2CNC(=O)COc2ccc(C(N)=O)cc2)CC(C)O1. The molecule has 1 aliphatic rings. The van der Waals surface area contributed by atoms with Crippen molar-refractivity contribution in [2.45, 2.75) is 39.1 Å². The van der Waals surface area contributed by atoms with Crippen LogP contribution in [0.1, 0.15) is 35.3 Å². The highest BCUT2D eigenvalue weighted by atomic mass is 16.5. The molecule has 0 saturated carbocycles. The normalized spacial score (nSPS) is 19.3. The molecule has 0 spiro atoms. The topological polar surface area (TPSA) is 93.9 Å². The molecular formula is C23H29N3O4. The molecule has 1 saturated heterocycles. The molecule has 0 aromatic heterocycles.